The monoisotopic (exact) mass is 369 g/mol. The summed E-state index contributed by atoms with van der Waals surface area (Å²) >= 11 is 0. The molecule has 1 aliphatic rings. The molecule has 0 aromatic heterocycles. The maximum Gasteiger partial charge on any atom is 0.338 e. The van der Waals surface area contributed by atoms with Gasteiger partial charge in [-0.15, -0.1) is 0 Å². The van der Waals surface area contributed by atoms with Gasteiger partial charge < -0.3 is 15.0 Å². The van der Waals surface area contributed by atoms with Gasteiger partial charge in [0, 0.05) is 26.2 Å². The second-order valence-electron chi connectivity index (χ2n) is 6.15. The van der Waals surface area contributed by atoms with Gasteiger partial charge in [-0.05, 0) is 29.7 Å². The molecule has 27 heavy (non-hydrogen) atoms. The molecule has 1 heterocycles. The molecule has 0 bridgehead atoms. The minimum atomic E-state index is -0.772. The van der Waals surface area contributed by atoms with Crippen LogP contribution in [0.25, 0.3) is 0 Å². The van der Waals surface area contributed by atoms with Crippen molar-refractivity contribution >= 4 is 23.3 Å². The van der Waals surface area contributed by atoms with Crippen LogP contribution >= 0.6 is 0 Å². The van der Waals surface area contributed by atoms with E-state index in [2.05, 4.69) is 5.32 Å². The van der Waals surface area contributed by atoms with Crippen molar-refractivity contribution in [3.8, 4) is 0 Å². The summed E-state index contributed by atoms with van der Waals surface area (Å²) < 4.78 is 5.07. The van der Waals surface area contributed by atoms with Crippen LogP contribution in [0.3, 0.4) is 0 Å². The molecule has 1 N–H and O–H groups in total. The fraction of sp³-hybridized carbons (Fsp3) is 0.263. The quantitative estimate of drug-likeness (QED) is 0.493. The number of nitrogens with one attached hydrogen (secondary N) is 1. The highest BCUT2D eigenvalue weighted by Crippen LogP contribution is 2.25. The van der Waals surface area contributed by atoms with E-state index in [1.807, 2.05) is 24.3 Å². The van der Waals surface area contributed by atoms with Gasteiger partial charge in [0.1, 0.15) is 5.69 Å². The van der Waals surface area contributed by atoms with E-state index in [9.17, 15) is 19.7 Å². The maximum atomic E-state index is 12.3. The van der Waals surface area contributed by atoms with E-state index >= 15 is 0 Å². The molecule has 8 heteroatoms. The summed E-state index contributed by atoms with van der Waals surface area (Å²) in [5, 5.41) is 13.8. The van der Waals surface area contributed by atoms with Crippen molar-refractivity contribution in [1.82, 2.24) is 4.90 Å². The Hall–Kier alpha value is -3.42. The Morgan fingerprint density at radius 2 is 1.96 bits per heavy atom. The van der Waals surface area contributed by atoms with Gasteiger partial charge in [0.25, 0.3) is 11.6 Å². The van der Waals surface area contributed by atoms with E-state index in [1.54, 1.807) is 11.9 Å². The van der Waals surface area contributed by atoms with Crippen molar-refractivity contribution in [2.75, 3.05) is 25.5 Å². The third-order valence-electron chi connectivity index (χ3n) is 4.51. The number of rotatable bonds is 5. The number of benzene rings is 2. The maximum absolute atomic E-state index is 12.3. The van der Waals surface area contributed by atoms with E-state index in [-0.39, 0.29) is 17.2 Å². The largest absolute Gasteiger partial charge is 0.452 e. The standard InChI is InChI=1S/C19H19N3O5/c1-20-16-7-6-14(10-17(16)22(25)26)19(24)27-12-18(23)21-9-8-13-4-2-3-5-15(13)11-21/h2-7,10,20H,8-9,11-12H2,1H3. The van der Waals surface area contributed by atoms with Gasteiger partial charge in [-0.2, -0.15) is 0 Å². The van der Waals surface area contributed by atoms with Gasteiger partial charge >= 0.3 is 5.97 Å². The summed E-state index contributed by atoms with van der Waals surface area (Å²) in [4.78, 5) is 36.7. The molecule has 0 aliphatic carbocycles. The minimum absolute atomic E-state index is 0.0255. The first-order valence-electron chi connectivity index (χ1n) is 8.47. The SMILES string of the molecule is CNc1ccc(C(=O)OCC(=O)N2CCc3ccccc3C2)cc1[N+](=O)[O-]. The molecule has 0 radical (unpaired) electrons. The molecule has 0 atom stereocenters. The molecular formula is C19H19N3O5. The average Bonchev–Trinajstić information content (AvgIpc) is 2.70. The molecule has 3 rings (SSSR count). The number of anilines is 1. The average molecular weight is 369 g/mol. The van der Waals surface area contributed by atoms with Crippen LogP contribution in [-0.4, -0.2) is 41.9 Å². The smallest absolute Gasteiger partial charge is 0.338 e. The van der Waals surface area contributed by atoms with E-state index in [4.69, 9.17) is 4.74 Å². The number of carbonyl (C=O) groups is 2. The zero-order valence-corrected chi connectivity index (χ0v) is 14.8. The van der Waals surface area contributed by atoms with Gasteiger partial charge in [-0.3, -0.25) is 14.9 Å². The van der Waals surface area contributed by atoms with Crippen molar-refractivity contribution in [1.29, 1.82) is 0 Å². The molecular weight excluding hydrogens is 350 g/mol. The molecule has 0 saturated carbocycles. The molecule has 1 aliphatic heterocycles. The summed E-state index contributed by atoms with van der Waals surface area (Å²) in [5.41, 5.74) is 2.39. The van der Waals surface area contributed by atoms with Crippen LogP contribution in [0.4, 0.5) is 11.4 Å². The lowest BCUT2D eigenvalue weighted by molar-refractivity contribution is -0.384. The van der Waals surface area contributed by atoms with Crippen molar-refractivity contribution in [3.63, 3.8) is 0 Å². The lowest BCUT2D eigenvalue weighted by Crippen LogP contribution is -2.38. The zero-order valence-electron chi connectivity index (χ0n) is 14.8. The lowest BCUT2D eigenvalue weighted by Gasteiger charge is -2.28. The van der Waals surface area contributed by atoms with Gasteiger partial charge in [-0.1, -0.05) is 24.3 Å². The molecule has 2 aromatic rings. The Balaban J connectivity index is 1.62. The normalized spacial score (nSPS) is 12.9. The molecule has 8 nitrogen and oxygen atoms in total. The highest BCUT2D eigenvalue weighted by Gasteiger charge is 2.22. The van der Waals surface area contributed by atoms with Crippen LogP contribution in [0.15, 0.2) is 42.5 Å². The lowest BCUT2D eigenvalue weighted by atomic mass is 10.00. The van der Waals surface area contributed by atoms with E-state index in [1.165, 1.54) is 17.7 Å². The van der Waals surface area contributed by atoms with Gasteiger partial charge in [0.05, 0.1) is 10.5 Å². The van der Waals surface area contributed by atoms with Crippen LogP contribution in [0.1, 0.15) is 21.5 Å². The number of amides is 1. The highest BCUT2D eigenvalue weighted by atomic mass is 16.6. The Morgan fingerprint density at radius 3 is 2.67 bits per heavy atom. The van der Waals surface area contributed by atoms with Crippen molar-refractivity contribution in [3.05, 3.63) is 69.3 Å². The number of hydrogen-bond acceptors (Lipinski definition) is 6. The fourth-order valence-corrected chi connectivity index (χ4v) is 3.03. The first-order chi connectivity index (χ1) is 13.0. The summed E-state index contributed by atoms with van der Waals surface area (Å²) in [6.45, 7) is 0.646. The second kappa shape index (κ2) is 7.86. The van der Waals surface area contributed by atoms with Crippen LogP contribution in [0.2, 0.25) is 0 Å². The Kier molecular flexibility index (Phi) is 5.35. The van der Waals surface area contributed by atoms with Crippen LogP contribution in [0.5, 0.6) is 0 Å². The van der Waals surface area contributed by atoms with Crippen molar-refractivity contribution in [2.24, 2.45) is 0 Å². The number of esters is 1. The Bertz CT molecular complexity index is 897. The minimum Gasteiger partial charge on any atom is -0.452 e. The summed E-state index contributed by atoms with van der Waals surface area (Å²) in [5.74, 6) is -1.06. The Morgan fingerprint density at radius 1 is 1.22 bits per heavy atom. The summed E-state index contributed by atoms with van der Waals surface area (Å²) in [6.07, 6.45) is 0.757. The first kappa shape index (κ1) is 18.4. The number of nitro groups is 1. The molecule has 0 spiro atoms. The molecule has 140 valence electrons. The van der Waals surface area contributed by atoms with Gasteiger partial charge in [-0.25, -0.2) is 4.79 Å². The number of ether oxygens (including phenoxy) is 1. The molecule has 0 saturated heterocycles. The van der Waals surface area contributed by atoms with E-state index in [0.29, 0.717) is 18.8 Å². The molecule has 1 amide bonds. The van der Waals surface area contributed by atoms with E-state index in [0.717, 1.165) is 18.1 Å². The zero-order chi connectivity index (χ0) is 19.4. The third-order valence-corrected chi connectivity index (χ3v) is 4.51. The fourth-order valence-electron chi connectivity index (χ4n) is 3.03. The molecule has 0 fully saturated rings. The topological polar surface area (TPSA) is 102 Å². The number of nitrogens with zero attached hydrogens (tertiary/aromatic N) is 2. The predicted octanol–water partition coefficient (Wildman–Crippen LogP) is 2.38. The summed E-state index contributed by atoms with van der Waals surface area (Å²) in [7, 11) is 1.55. The van der Waals surface area contributed by atoms with Crippen LogP contribution in [-0.2, 0) is 22.5 Å². The molecule has 0 unspecified atom stereocenters. The van der Waals surface area contributed by atoms with E-state index < -0.39 is 17.5 Å². The Labute approximate surface area is 155 Å². The highest BCUT2D eigenvalue weighted by molar-refractivity contribution is 5.93. The summed E-state index contributed by atoms with van der Waals surface area (Å²) in [6, 6.07) is 11.9. The second-order valence-corrected chi connectivity index (χ2v) is 6.15. The first-order valence-corrected chi connectivity index (χ1v) is 8.47. The van der Waals surface area contributed by atoms with Gasteiger partial charge in [0.2, 0.25) is 0 Å². The number of hydrogen-bond donors (Lipinski definition) is 1. The van der Waals surface area contributed by atoms with Crippen LogP contribution in [0, 0.1) is 10.1 Å². The number of fused-ring (bicyclic) bond motifs is 1. The predicted molar refractivity (Wildman–Crippen MR) is 98.5 cm³/mol. The number of nitro benzene ring substituents is 1. The molecule has 2 aromatic carbocycles. The number of carbonyl (C=O) groups excluding carboxylic acids is 2. The van der Waals surface area contributed by atoms with Gasteiger partial charge in [0.15, 0.2) is 6.61 Å². The van der Waals surface area contributed by atoms with Crippen LogP contribution < -0.4 is 5.32 Å². The third kappa shape index (κ3) is 4.05. The van der Waals surface area contributed by atoms with Crippen molar-refractivity contribution in [2.45, 2.75) is 13.0 Å². The van der Waals surface area contributed by atoms with Crippen molar-refractivity contribution < 1.29 is 19.2 Å².